The van der Waals surface area contributed by atoms with Gasteiger partial charge < -0.3 is 10.6 Å². The molecule has 0 heterocycles. The largest absolute Gasteiger partial charge is 0.325 e. The lowest BCUT2D eigenvalue weighted by atomic mass is 10.1. The molecule has 0 saturated carbocycles. The molecular weight excluding hydrogens is 295 g/mol. The van der Waals surface area contributed by atoms with Crippen LogP contribution in [0.3, 0.4) is 0 Å². The van der Waals surface area contributed by atoms with E-state index in [0.717, 1.165) is 13.0 Å². The van der Waals surface area contributed by atoms with E-state index in [1.54, 1.807) is 18.2 Å². The fourth-order valence-electron chi connectivity index (χ4n) is 1.89. The first-order chi connectivity index (χ1) is 9.61. The predicted octanol–water partition coefficient (Wildman–Crippen LogP) is 4.49. The maximum absolute atomic E-state index is 11.7. The van der Waals surface area contributed by atoms with Gasteiger partial charge in [0.05, 0.1) is 6.54 Å². The van der Waals surface area contributed by atoms with Crippen LogP contribution in [0.4, 0.5) is 5.69 Å². The zero-order valence-electron chi connectivity index (χ0n) is 11.8. The second kappa shape index (κ2) is 10.0. The predicted molar refractivity (Wildman–Crippen MR) is 86.7 cm³/mol. The van der Waals surface area contributed by atoms with Gasteiger partial charge >= 0.3 is 0 Å². The van der Waals surface area contributed by atoms with E-state index in [-0.39, 0.29) is 5.91 Å². The minimum Gasteiger partial charge on any atom is -0.325 e. The van der Waals surface area contributed by atoms with Gasteiger partial charge in [-0.1, -0.05) is 55.8 Å². The Bertz CT molecular complexity index is 404. The molecule has 0 unspecified atom stereocenters. The standard InChI is InChI=1S/C15H22Cl2N2O/c1-2-3-4-5-6-7-18-11-15(20)19-14-9-12(16)8-13(17)10-14/h8-10,18H,2-7,11H2,1H3,(H,19,20). The number of carbonyl (C=O) groups excluding carboxylic acids is 1. The van der Waals surface area contributed by atoms with Crippen LogP contribution >= 0.6 is 23.2 Å². The Morgan fingerprint density at radius 2 is 1.70 bits per heavy atom. The lowest BCUT2D eigenvalue weighted by Crippen LogP contribution is -2.28. The molecule has 0 atom stereocenters. The molecule has 20 heavy (non-hydrogen) atoms. The third kappa shape index (κ3) is 7.73. The molecule has 1 aromatic carbocycles. The number of hydrogen-bond donors (Lipinski definition) is 2. The summed E-state index contributed by atoms with van der Waals surface area (Å²) < 4.78 is 0. The Hall–Kier alpha value is -0.770. The quantitative estimate of drug-likeness (QED) is 0.659. The molecule has 5 heteroatoms. The maximum Gasteiger partial charge on any atom is 0.238 e. The topological polar surface area (TPSA) is 41.1 Å². The van der Waals surface area contributed by atoms with Crippen molar-refractivity contribution in [2.45, 2.75) is 39.0 Å². The zero-order chi connectivity index (χ0) is 14.8. The van der Waals surface area contributed by atoms with Crippen LogP contribution in [0.25, 0.3) is 0 Å². The average Bonchev–Trinajstić information content (AvgIpc) is 2.36. The van der Waals surface area contributed by atoms with Gasteiger partial charge in [0.15, 0.2) is 0 Å². The van der Waals surface area contributed by atoms with Crippen molar-refractivity contribution in [2.75, 3.05) is 18.4 Å². The van der Waals surface area contributed by atoms with E-state index in [1.165, 1.54) is 25.7 Å². The smallest absolute Gasteiger partial charge is 0.238 e. The van der Waals surface area contributed by atoms with Crippen LogP contribution in [-0.2, 0) is 4.79 Å². The van der Waals surface area contributed by atoms with E-state index in [2.05, 4.69) is 17.6 Å². The van der Waals surface area contributed by atoms with Crippen LogP contribution in [0.15, 0.2) is 18.2 Å². The number of hydrogen-bond acceptors (Lipinski definition) is 2. The molecular formula is C15H22Cl2N2O. The van der Waals surface area contributed by atoms with Gasteiger partial charge in [-0.2, -0.15) is 0 Å². The van der Waals surface area contributed by atoms with Crippen LogP contribution in [-0.4, -0.2) is 19.0 Å². The Balaban J connectivity index is 2.17. The number of anilines is 1. The molecule has 1 rings (SSSR count). The summed E-state index contributed by atoms with van der Waals surface area (Å²) in [6.45, 7) is 3.37. The van der Waals surface area contributed by atoms with Crippen LogP contribution in [0.1, 0.15) is 39.0 Å². The molecule has 112 valence electrons. The Labute approximate surface area is 131 Å². The summed E-state index contributed by atoms with van der Waals surface area (Å²) in [5, 5.41) is 6.92. The van der Waals surface area contributed by atoms with Gasteiger partial charge in [0, 0.05) is 15.7 Å². The second-order valence-corrected chi connectivity index (χ2v) is 5.67. The highest BCUT2D eigenvalue weighted by atomic mass is 35.5. The van der Waals surface area contributed by atoms with Crippen molar-refractivity contribution in [1.82, 2.24) is 5.32 Å². The molecule has 2 N–H and O–H groups in total. The SMILES string of the molecule is CCCCCCCNCC(=O)Nc1cc(Cl)cc(Cl)c1. The van der Waals surface area contributed by atoms with Crippen molar-refractivity contribution < 1.29 is 4.79 Å². The number of halogens is 2. The first-order valence-electron chi connectivity index (χ1n) is 7.08. The average molecular weight is 317 g/mol. The molecule has 0 bridgehead atoms. The van der Waals surface area contributed by atoms with E-state index in [1.807, 2.05) is 0 Å². The summed E-state index contributed by atoms with van der Waals surface area (Å²) in [5.41, 5.74) is 0.622. The molecule has 1 amide bonds. The summed E-state index contributed by atoms with van der Waals surface area (Å²) in [4.78, 5) is 11.7. The summed E-state index contributed by atoms with van der Waals surface area (Å²) >= 11 is 11.7. The first kappa shape index (κ1) is 17.3. The van der Waals surface area contributed by atoms with E-state index in [4.69, 9.17) is 23.2 Å². The molecule has 1 aromatic rings. The van der Waals surface area contributed by atoms with Crippen molar-refractivity contribution in [2.24, 2.45) is 0 Å². The lowest BCUT2D eigenvalue weighted by Gasteiger charge is -2.07. The van der Waals surface area contributed by atoms with E-state index in [9.17, 15) is 4.79 Å². The lowest BCUT2D eigenvalue weighted by molar-refractivity contribution is -0.115. The fourth-order valence-corrected chi connectivity index (χ4v) is 2.41. The monoisotopic (exact) mass is 316 g/mol. The van der Waals surface area contributed by atoms with Gasteiger partial charge in [-0.15, -0.1) is 0 Å². The molecule has 0 fully saturated rings. The van der Waals surface area contributed by atoms with Gasteiger partial charge in [-0.25, -0.2) is 0 Å². The molecule has 0 spiro atoms. The van der Waals surface area contributed by atoms with E-state index < -0.39 is 0 Å². The van der Waals surface area contributed by atoms with Crippen molar-refractivity contribution in [3.63, 3.8) is 0 Å². The third-order valence-electron chi connectivity index (χ3n) is 2.89. The minimum absolute atomic E-state index is 0.0862. The number of rotatable bonds is 9. The molecule has 0 radical (unpaired) electrons. The van der Waals surface area contributed by atoms with Gasteiger partial charge in [0.1, 0.15) is 0 Å². The normalized spacial score (nSPS) is 10.6. The molecule has 0 aliphatic heterocycles. The summed E-state index contributed by atoms with van der Waals surface area (Å²) in [6, 6.07) is 4.99. The van der Waals surface area contributed by atoms with Gasteiger partial charge in [-0.05, 0) is 31.2 Å². The van der Waals surface area contributed by atoms with Crippen molar-refractivity contribution >= 4 is 34.8 Å². The maximum atomic E-state index is 11.7. The zero-order valence-corrected chi connectivity index (χ0v) is 13.4. The second-order valence-electron chi connectivity index (χ2n) is 4.80. The minimum atomic E-state index is -0.0862. The Kier molecular flexibility index (Phi) is 8.67. The van der Waals surface area contributed by atoms with Crippen LogP contribution < -0.4 is 10.6 Å². The van der Waals surface area contributed by atoms with E-state index in [0.29, 0.717) is 22.3 Å². The highest BCUT2D eigenvalue weighted by molar-refractivity contribution is 6.35. The number of nitrogens with one attached hydrogen (secondary N) is 2. The summed E-state index contributed by atoms with van der Waals surface area (Å²) in [6.07, 6.45) is 6.13. The number of unbranched alkanes of at least 4 members (excludes halogenated alkanes) is 4. The van der Waals surface area contributed by atoms with Crippen LogP contribution in [0.5, 0.6) is 0 Å². The Morgan fingerprint density at radius 1 is 1.05 bits per heavy atom. The molecule has 0 aliphatic carbocycles. The molecule has 0 aliphatic rings. The highest BCUT2D eigenvalue weighted by Crippen LogP contribution is 2.22. The molecule has 3 nitrogen and oxygen atoms in total. The van der Waals surface area contributed by atoms with Crippen LogP contribution in [0.2, 0.25) is 10.0 Å². The number of carbonyl (C=O) groups is 1. The van der Waals surface area contributed by atoms with Crippen molar-refractivity contribution in [3.8, 4) is 0 Å². The fraction of sp³-hybridized carbons (Fsp3) is 0.533. The third-order valence-corrected chi connectivity index (χ3v) is 3.33. The van der Waals surface area contributed by atoms with Crippen molar-refractivity contribution in [1.29, 1.82) is 0 Å². The van der Waals surface area contributed by atoms with Crippen molar-refractivity contribution in [3.05, 3.63) is 28.2 Å². The Morgan fingerprint density at radius 3 is 2.35 bits per heavy atom. The molecule has 0 aromatic heterocycles. The van der Waals surface area contributed by atoms with Gasteiger partial charge in [0.2, 0.25) is 5.91 Å². The van der Waals surface area contributed by atoms with Crippen LogP contribution in [0, 0.1) is 0 Å². The number of amides is 1. The van der Waals surface area contributed by atoms with E-state index >= 15 is 0 Å². The highest BCUT2D eigenvalue weighted by Gasteiger charge is 2.03. The first-order valence-corrected chi connectivity index (χ1v) is 7.84. The number of benzene rings is 1. The van der Waals surface area contributed by atoms with Gasteiger partial charge in [-0.3, -0.25) is 4.79 Å². The summed E-state index contributed by atoms with van der Waals surface area (Å²) in [7, 11) is 0. The summed E-state index contributed by atoms with van der Waals surface area (Å²) in [5.74, 6) is -0.0862. The molecule has 0 saturated heterocycles. The van der Waals surface area contributed by atoms with Gasteiger partial charge in [0.25, 0.3) is 0 Å².